The van der Waals surface area contributed by atoms with E-state index in [1.807, 2.05) is 19.1 Å². The lowest BCUT2D eigenvalue weighted by Gasteiger charge is -2.22. The molecule has 7 nitrogen and oxygen atoms in total. The number of nitrogens with one attached hydrogen (secondary N) is 1. The van der Waals surface area contributed by atoms with Gasteiger partial charge in [-0.1, -0.05) is 38.8 Å². The van der Waals surface area contributed by atoms with Gasteiger partial charge in [0.15, 0.2) is 0 Å². The van der Waals surface area contributed by atoms with Crippen molar-refractivity contribution in [3.8, 4) is 5.75 Å². The summed E-state index contributed by atoms with van der Waals surface area (Å²) in [4.78, 5) is 20.6. The minimum absolute atomic E-state index is 0.251. The molecule has 2 rings (SSSR count). The second kappa shape index (κ2) is 10.3. The van der Waals surface area contributed by atoms with Gasteiger partial charge in [-0.2, -0.15) is 4.98 Å². The number of aliphatic carboxylic acids is 1. The van der Waals surface area contributed by atoms with Gasteiger partial charge in [-0.3, -0.25) is 4.79 Å². The molecule has 1 heterocycles. The molecular formula is C23H34N4O3. The lowest BCUT2D eigenvalue weighted by atomic mass is 9.83. The van der Waals surface area contributed by atoms with Gasteiger partial charge < -0.3 is 20.9 Å². The quantitative estimate of drug-likeness (QED) is 0.473. The van der Waals surface area contributed by atoms with E-state index in [-0.39, 0.29) is 5.95 Å². The van der Waals surface area contributed by atoms with E-state index in [0.717, 1.165) is 54.0 Å². The van der Waals surface area contributed by atoms with Crippen LogP contribution in [-0.4, -0.2) is 34.7 Å². The Morgan fingerprint density at radius 2 is 1.97 bits per heavy atom. The first-order chi connectivity index (χ1) is 14.2. The molecule has 0 saturated carbocycles. The van der Waals surface area contributed by atoms with E-state index in [1.165, 1.54) is 0 Å². The molecule has 0 atom stereocenters. The van der Waals surface area contributed by atoms with Gasteiger partial charge in [0.05, 0.1) is 18.2 Å². The minimum Gasteiger partial charge on any atom is -0.496 e. The Hall–Kier alpha value is -2.83. The molecule has 0 aliphatic heterocycles. The summed E-state index contributed by atoms with van der Waals surface area (Å²) < 4.78 is 5.56. The summed E-state index contributed by atoms with van der Waals surface area (Å²) in [6, 6.07) is 5.54. The van der Waals surface area contributed by atoms with Crippen molar-refractivity contribution in [3.05, 3.63) is 40.6 Å². The molecule has 0 aliphatic carbocycles. The molecule has 0 amide bonds. The monoisotopic (exact) mass is 414 g/mol. The van der Waals surface area contributed by atoms with Gasteiger partial charge >= 0.3 is 5.97 Å². The Labute approximate surface area is 179 Å². The highest BCUT2D eigenvalue weighted by molar-refractivity contribution is 5.80. The van der Waals surface area contributed by atoms with Crippen LogP contribution in [0.1, 0.15) is 69.3 Å². The molecule has 4 N–H and O–H groups in total. The number of methoxy groups -OCH3 is 1. The molecule has 0 unspecified atom stereocenters. The van der Waals surface area contributed by atoms with E-state index in [9.17, 15) is 9.90 Å². The normalized spacial score (nSPS) is 11.4. The summed E-state index contributed by atoms with van der Waals surface area (Å²) >= 11 is 0. The van der Waals surface area contributed by atoms with Crippen LogP contribution in [0.5, 0.6) is 5.75 Å². The standard InChI is InChI=1S/C23H34N4O3/c1-6-8-9-12-25-20-17(18(7-2)26-22(24)27-20)14-15-13-16(10-11-19(15)30-5)23(3,4)21(28)29/h10-11,13H,6-9,12,14H2,1-5H3,(H,28,29)(H3,24,25,26,27). The highest BCUT2D eigenvalue weighted by Crippen LogP contribution is 2.32. The van der Waals surface area contributed by atoms with Gasteiger partial charge in [0.2, 0.25) is 5.95 Å². The Bertz CT molecular complexity index is 881. The third-order valence-electron chi connectivity index (χ3n) is 5.42. The fourth-order valence-corrected chi connectivity index (χ4v) is 3.38. The van der Waals surface area contributed by atoms with Crippen LogP contribution in [0, 0.1) is 0 Å². The van der Waals surface area contributed by atoms with Crippen LogP contribution in [0.25, 0.3) is 0 Å². The average Bonchev–Trinajstić information content (AvgIpc) is 2.72. The number of carboxylic acid groups (broad SMARTS) is 1. The SMILES string of the molecule is CCCCCNc1nc(N)nc(CC)c1Cc1cc(C(C)(C)C(=O)O)ccc1OC. The van der Waals surface area contributed by atoms with E-state index < -0.39 is 11.4 Å². The fraction of sp³-hybridized carbons (Fsp3) is 0.522. The van der Waals surface area contributed by atoms with Crippen molar-refractivity contribution in [2.24, 2.45) is 0 Å². The molecule has 2 aromatic rings. The largest absolute Gasteiger partial charge is 0.496 e. The zero-order chi connectivity index (χ0) is 22.3. The van der Waals surface area contributed by atoms with Crippen LogP contribution in [-0.2, 0) is 23.1 Å². The van der Waals surface area contributed by atoms with Crippen molar-refractivity contribution in [1.29, 1.82) is 0 Å². The van der Waals surface area contributed by atoms with Crippen LogP contribution in [0.2, 0.25) is 0 Å². The lowest BCUT2D eigenvalue weighted by molar-refractivity contribution is -0.142. The maximum Gasteiger partial charge on any atom is 0.313 e. The van der Waals surface area contributed by atoms with Crippen molar-refractivity contribution in [2.75, 3.05) is 24.7 Å². The third kappa shape index (κ3) is 5.40. The van der Waals surface area contributed by atoms with Gasteiger partial charge in [-0.25, -0.2) is 4.98 Å². The van der Waals surface area contributed by atoms with Crippen molar-refractivity contribution < 1.29 is 14.6 Å². The summed E-state index contributed by atoms with van der Waals surface area (Å²) in [5.41, 5.74) is 8.40. The molecule has 0 radical (unpaired) electrons. The van der Waals surface area contributed by atoms with Gasteiger partial charge in [0, 0.05) is 18.5 Å². The van der Waals surface area contributed by atoms with E-state index in [2.05, 4.69) is 22.2 Å². The lowest BCUT2D eigenvalue weighted by Crippen LogP contribution is -2.28. The number of hydrogen-bond donors (Lipinski definition) is 3. The zero-order valence-electron chi connectivity index (χ0n) is 18.7. The second-order valence-electron chi connectivity index (χ2n) is 7.98. The number of anilines is 2. The average molecular weight is 415 g/mol. The first-order valence-electron chi connectivity index (χ1n) is 10.5. The van der Waals surface area contributed by atoms with E-state index in [4.69, 9.17) is 10.5 Å². The van der Waals surface area contributed by atoms with Gasteiger partial charge in [-0.05, 0) is 43.9 Å². The molecule has 164 valence electrons. The molecule has 1 aromatic carbocycles. The van der Waals surface area contributed by atoms with E-state index >= 15 is 0 Å². The Kier molecular flexibility index (Phi) is 8.03. The van der Waals surface area contributed by atoms with Crippen molar-refractivity contribution in [3.63, 3.8) is 0 Å². The summed E-state index contributed by atoms with van der Waals surface area (Å²) in [5.74, 6) is 0.819. The second-order valence-corrected chi connectivity index (χ2v) is 7.98. The highest BCUT2D eigenvalue weighted by atomic mass is 16.5. The molecular weight excluding hydrogens is 380 g/mol. The number of rotatable bonds is 11. The molecule has 0 fully saturated rings. The minimum atomic E-state index is -1.01. The molecule has 30 heavy (non-hydrogen) atoms. The number of carboxylic acids is 1. The molecule has 7 heteroatoms. The number of hydrogen-bond acceptors (Lipinski definition) is 6. The number of aryl methyl sites for hydroxylation is 1. The number of nitrogen functional groups attached to an aromatic ring is 1. The Morgan fingerprint density at radius 3 is 2.57 bits per heavy atom. The predicted octanol–water partition coefficient (Wildman–Crippen LogP) is 4.18. The molecule has 0 aliphatic rings. The van der Waals surface area contributed by atoms with E-state index in [0.29, 0.717) is 18.6 Å². The smallest absolute Gasteiger partial charge is 0.313 e. The van der Waals surface area contributed by atoms with Gasteiger partial charge in [0.1, 0.15) is 11.6 Å². The number of nitrogens with zero attached hydrogens (tertiary/aromatic N) is 2. The molecule has 0 bridgehead atoms. The molecule has 1 aromatic heterocycles. The number of carbonyl (C=O) groups is 1. The maximum absolute atomic E-state index is 11.7. The summed E-state index contributed by atoms with van der Waals surface area (Å²) in [7, 11) is 1.62. The van der Waals surface area contributed by atoms with Crippen LogP contribution in [0.3, 0.4) is 0 Å². The fourth-order valence-electron chi connectivity index (χ4n) is 3.38. The highest BCUT2D eigenvalue weighted by Gasteiger charge is 2.30. The number of nitrogens with two attached hydrogens (primary N) is 1. The molecule has 0 saturated heterocycles. The van der Waals surface area contributed by atoms with Gasteiger partial charge in [0.25, 0.3) is 0 Å². The van der Waals surface area contributed by atoms with Crippen molar-refractivity contribution in [1.82, 2.24) is 9.97 Å². The third-order valence-corrected chi connectivity index (χ3v) is 5.42. The van der Waals surface area contributed by atoms with Crippen LogP contribution < -0.4 is 15.8 Å². The maximum atomic E-state index is 11.7. The number of unbranched alkanes of at least 4 members (excludes halogenated alkanes) is 2. The predicted molar refractivity (Wildman–Crippen MR) is 120 cm³/mol. The number of benzene rings is 1. The zero-order valence-corrected chi connectivity index (χ0v) is 18.7. The Balaban J connectivity index is 2.48. The van der Waals surface area contributed by atoms with Crippen molar-refractivity contribution in [2.45, 2.75) is 65.2 Å². The van der Waals surface area contributed by atoms with Crippen LogP contribution in [0.15, 0.2) is 18.2 Å². The summed E-state index contributed by atoms with van der Waals surface area (Å²) in [5, 5.41) is 13.0. The van der Waals surface area contributed by atoms with Gasteiger partial charge in [-0.15, -0.1) is 0 Å². The summed E-state index contributed by atoms with van der Waals surface area (Å²) in [6.45, 7) is 8.41. The number of ether oxygens (including phenoxy) is 1. The van der Waals surface area contributed by atoms with Crippen molar-refractivity contribution >= 4 is 17.7 Å². The first kappa shape index (κ1) is 23.4. The summed E-state index contributed by atoms with van der Waals surface area (Å²) in [6.07, 6.45) is 4.57. The van der Waals surface area contributed by atoms with E-state index in [1.54, 1.807) is 27.0 Å². The molecule has 0 spiro atoms. The topological polar surface area (TPSA) is 110 Å². The first-order valence-corrected chi connectivity index (χ1v) is 10.5. The van der Waals surface area contributed by atoms with Crippen LogP contribution in [0.4, 0.5) is 11.8 Å². The number of aromatic nitrogens is 2. The Morgan fingerprint density at radius 1 is 1.23 bits per heavy atom. The van der Waals surface area contributed by atoms with Crippen LogP contribution >= 0.6 is 0 Å².